The first-order valence-corrected chi connectivity index (χ1v) is 8.09. The predicted octanol–water partition coefficient (Wildman–Crippen LogP) is 3.48. The zero-order valence-corrected chi connectivity index (χ0v) is 14.3. The Balaban J connectivity index is 1.55. The highest BCUT2D eigenvalue weighted by atomic mass is 35.5. The Bertz CT molecular complexity index is 966. The number of nitrogens with zero attached hydrogens (tertiary/aromatic N) is 2. The maximum atomic E-state index is 11.8. The molecule has 0 fully saturated rings. The smallest absolute Gasteiger partial charge is 0.331 e. The molecule has 130 valence electrons. The van der Waals surface area contributed by atoms with Gasteiger partial charge < -0.3 is 10.1 Å². The number of aromatic nitrogens is 2. The Morgan fingerprint density at radius 1 is 1.12 bits per heavy atom. The lowest BCUT2D eigenvalue weighted by atomic mass is 10.1. The number of fused-ring (bicyclic) bond motifs is 1. The zero-order valence-electron chi connectivity index (χ0n) is 13.6. The van der Waals surface area contributed by atoms with Crippen molar-refractivity contribution < 1.29 is 14.3 Å². The van der Waals surface area contributed by atoms with Crippen molar-refractivity contribution in [3.8, 4) is 0 Å². The van der Waals surface area contributed by atoms with E-state index in [9.17, 15) is 9.59 Å². The van der Waals surface area contributed by atoms with E-state index >= 15 is 0 Å². The lowest BCUT2D eigenvalue weighted by Crippen LogP contribution is -2.20. The van der Waals surface area contributed by atoms with Crippen LogP contribution in [0.5, 0.6) is 0 Å². The molecule has 7 heteroatoms. The summed E-state index contributed by atoms with van der Waals surface area (Å²) in [7, 11) is 0. The molecule has 0 saturated heterocycles. The SMILES string of the molecule is O=C(COC(=O)/C=C/c1cccc2cccnc12)Nc1ccc(Cl)cn1. The van der Waals surface area contributed by atoms with Gasteiger partial charge in [0.1, 0.15) is 5.82 Å². The molecule has 0 aliphatic heterocycles. The van der Waals surface area contributed by atoms with E-state index in [1.54, 1.807) is 24.4 Å². The summed E-state index contributed by atoms with van der Waals surface area (Å²) in [5.41, 5.74) is 1.57. The van der Waals surface area contributed by atoms with Crippen LogP contribution in [0.15, 0.2) is 60.9 Å². The van der Waals surface area contributed by atoms with E-state index in [2.05, 4.69) is 15.3 Å². The van der Waals surface area contributed by atoms with Crippen molar-refractivity contribution in [1.29, 1.82) is 0 Å². The summed E-state index contributed by atoms with van der Waals surface area (Å²) in [6.07, 6.45) is 5.96. The fourth-order valence-electron chi connectivity index (χ4n) is 2.23. The zero-order chi connectivity index (χ0) is 18.4. The Morgan fingerprint density at radius 2 is 1.96 bits per heavy atom. The maximum Gasteiger partial charge on any atom is 0.331 e. The number of rotatable bonds is 5. The van der Waals surface area contributed by atoms with Gasteiger partial charge >= 0.3 is 5.97 Å². The largest absolute Gasteiger partial charge is 0.452 e. The molecule has 0 unspecified atom stereocenters. The van der Waals surface area contributed by atoms with Gasteiger partial charge in [0.05, 0.1) is 10.5 Å². The number of ether oxygens (including phenoxy) is 1. The fourth-order valence-corrected chi connectivity index (χ4v) is 2.35. The number of pyridine rings is 2. The van der Waals surface area contributed by atoms with Crippen LogP contribution in [0.2, 0.25) is 5.02 Å². The number of para-hydroxylation sites is 1. The number of nitrogens with one attached hydrogen (secondary N) is 1. The second kappa shape index (κ2) is 8.22. The summed E-state index contributed by atoms with van der Waals surface area (Å²) in [6, 6.07) is 12.6. The minimum Gasteiger partial charge on any atom is -0.452 e. The molecule has 0 atom stereocenters. The second-order valence-corrected chi connectivity index (χ2v) is 5.71. The highest BCUT2D eigenvalue weighted by molar-refractivity contribution is 6.30. The molecule has 1 aromatic carbocycles. The topological polar surface area (TPSA) is 81.2 Å². The average molecular weight is 368 g/mol. The number of esters is 1. The van der Waals surface area contributed by atoms with Crippen molar-refractivity contribution in [2.45, 2.75) is 0 Å². The number of carbonyl (C=O) groups is 2. The second-order valence-electron chi connectivity index (χ2n) is 5.27. The van der Waals surface area contributed by atoms with Crippen molar-refractivity contribution in [3.05, 3.63) is 71.5 Å². The molecule has 1 amide bonds. The molecule has 0 aliphatic carbocycles. The van der Waals surface area contributed by atoms with Gasteiger partial charge in [-0.1, -0.05) is 35.9 Å². The third-order valence-electron chi connectivity index (χ3n) is 3.40. The molecule has 0 bridgehead atoms. The summed E-state index contributed by atoms with van der Waals surface area (Å²) in [5.74, 6) is -0.793. The van der Waals surface area contributed by atoms with Gasteiger partial charge in [-0.15, -0.1) is 0 Å². The number of anilines is 1. The molecule has 0 radical (unpaired) electrons. The first-order chi connectivity index (χ1) is 12.6. The molecule has 3 rings (SSSR count). The summed E-state index contributed by atoms with van der Waals surface area (Å²) in [6.45, 7) is -0.415. The van der Waals surface area contributed by atoms with Crippen molar-refractivity contribution in [2.24, 2.45) is 0 Å². The minimum absolute atomic E-state index is 0.327. The van der Waals surface area contributed by atoms with E-state index in [0.717, 1.165) is 16.5 Å². The molecule has 0 spiro atoms. The lowest BCUT2D eigenvalue weighted by Gasteiger charge is -2.04. The van der Waals surface area contributed by atoms with Crippen LogP contribution in [0.4, 0.5) is 5.82 Å². The van der Waals surface area contributed by atoms with Crippen LogP contribution >= 0.6 is 11.6 Å². The summed E-state index contributed by atoms with van der Waals surface area (Å²) in [5, 5.41) is 3.93. The first kappa shape index (κ1) is 17.6. The highest BCUT2D eigenvalue weighted by Crippen LogP contribution is 2.17. The van der Waals surface area contributed by atoms with E-state index in [4.69, 9.17) is 16.3 Å². The van der Waals surface area contributed by atoms with Crippen LogP contribution in [0.3, 0.4) is 0 Å². The molecule has 0 aliphatic rings. The van der Waals surface area contributed by atoms with Gasteiger partial charge in [-0.05, 0) is 24.3 Å². The molecular formula is C19H14ClN3O3. The van der Waals surface area contributed by atoms with E-state index < -0.39 is 18.5 Å². The molecule has 3 aromatic rings. The molecule has 0 saturated carbocycles. The normalized spacial score (nSPS) is 10.8. The molecule has 2 aromatic heterocycles. The fraction of sp³-hybridized carbons (Fsp3) is 0.0526. The van der Waals surface area contributed by atoms with Gasteiger partial charge in [0, 0.05) is 29.4 Å². The van der Waals surface area contributed by atoms with E-state index in [-0.39, 0.29) is 0 Å². The van der Waals surface area contributed by atoms with Gasteiger partial charge in [0.25, 0.3) is 5.91 Å². The van der Waals surface area contributed by atoms with Crippen molar-refractivity contribution in [1.82, 2.24) is 9.97 Å². The number of halogens is 1. The van der Waals surface area contributed by atoms with Gasteiger partial charge in [0.15, 0.2) is 6.61 Å². The van der Waals surface area contributed by atoms with Gasteiger partial charge in [-0.3, -0.25) is 9.78 Å². The Morgan fingerprint density at radius 3 is 2.77 bits per heavy atom. The van der Waals surface area contributed by atoms with Crippen LogP contribution in [-0.4, -0.2) is 28.5 Å². The van der Waals surface area contributed by atoms with E-state index in [1.807, 2.05) is 30.3 Å². The first-order valence-electron chi connectivity index (χ1n) is 7.72. The third kappa shape index (κ3) is 4.64. The van der Waals surface area contributed by atoms with Crippen molar-refractivity contribution >= 4 is 46.3 Å². The van der Waals surface area contributed by atoms with Crippen LogP contribution in [0, 0.1) is 0 Å². The predicted molar refractivity (Wildman–Crippen MR) is 99.6 cm³/mol. The van der Waals surface area contributed by atoms with Crippen LogP contribution < -0.4 is 5.32 Å². The van der Waals surface area contributed by atoms with Gasteiger partial charge in [-0.25, -0.2) is 9.78 Å². The summed E-state index contributed by atoms with van der Waals surface area (Å²) < 4.78 is 4.92. The van der Waals surface area contributed by atoms with E-state index in [0.29, 0.717) is 10.8 Å². The number of carbonyl (C=O) groups excluding carboxylic acids is 2. The highest BCUT2D eigenvalue weighted by Gasteiger charge is 2.07. The molecule has 26 heavy (non-hydrogen) atoms. The Labute approximate surface area is 154 Å². The standard InChI is InChI=1S/C19H14ClN3O3/c20-15-7-8-16(22-11-15)23-17(24)12-26-18(25)9-6-14-4-1-3-13-5-2-10-21-19(13)14/h1-11H,12H2,(H,22,23,24)/b9-6+. The Kier molecular flexibility index (Phi) is 5.56. The average Bonchev–Trinajstić information content (AvgIpc) is 2.66. The number of hydrogen-bond acceptors (Lipinski definition) is 5. The lowest BCUT2D eigenvalue weighted by molar-refractivity contribution is -0.142. The molecule has 6 nitrogen and oxygen atoms in total. The van der Waals surface area contributed by atoms with Crippen LogP contribution in [0.25, 0.3) is 17.0 Å². The Hall–Kier alpha value is -3.25. The third-order valence-corrected chi connectivity index (χ3v) is 3.63. The van der Waals surface area contributed by atoms with Gasteiger partial charge in [-0.2, -0.15) is 0 Å². The van der Waals surface area contributed by atoms with Gasteiger partial charge in [0.2, 0.25) is 0 Å². The maximum absolute atomic E-state index is 11.8. The van der Waals surface area contributed by atoms with Crippen molar-refractivity contribution in [2.75, 3.05) is 11.9 Å². The minimum atomic E-state index is -0.628. The quantitative estimate of drug-likeness (QED) is 0.551. The number of hydrogen-bond donors (Lipinski definition) is 1. The number of benzene rings is 1. The monoisotopic (exact) mass is 367 g/mol. The van der Waals surface area contributed by atoms with Crippen molar-refractivity contribution in [3.63, 3.8) is 0 Å². The van der Waals surface area contributed by atoms with Crippen LogP contribution in [0.1, 0.15) is 5.56 Å². The van der Waals surface area contributed by atoms with Crippen LogP contribution in [-0.2, 0) is 14.3 Å². The molecular weight excluding hydrogens is 354 g/mol. The molecule has 2 heterocycles. The summed E-state index contributed by atoms with van der Waals surface area (Å²) >= 11 is 5.72. The molecule has 1 N–H and O–H groups in total. The van der Waals surface area contributed by atoms with E-state index in [1.165, 1.54) is 12.3 Å². The summed E-state index contributed by atoms with van der Waals surface area (Å²) in [4.78, 5) is 31.8. The number of amides is 1.